The fourth-order valence-corrected chi connectivity index (χ4v) is 1.22. The zero-order chi connectivity index (χ0) is 14.8. The molecule has 106 valence electrons. The first kappa shape index (κ1) is 14.9. The molecule has 1 aromatic rings. The van der Waals surface area contributed by atoms with E-state index in [4.69, 9.17) is 5.11 Å². The Bertz CT molecular complexity index is 488. The first-order chi connectivity index (χ1) is 8.65. The fourth-order valence-electron chi connectivity index (χ4n) is 1.22. The normalized spacial score (nSPS) is 11.5. The van der Waals surface area contributed by atoms with E-state index in [1.54, 1.807) is 0 Å². The number of aromatic carboxylic acids is 1. The molecule has 0 aliphatic heterocycles. The first-order valence-corrected chi connectivity index (χ1v) is 4.51. The largest absolute Gasteiger partial charge is 0.574 e. The predicted molar refractivity (Wildman–Crippen MR) is 49.4 cm³/mol. The van der Waals surface area contributed by atoms with Gasteiger partial charge in [0, 0.05) is 6.07 Å². The number of methoxy groups -OCH3 is 1. The third-order valence-corrected chi connectivity index (χ3v) is 1.85. The van der Waals surface area contributed by atoms with Gasteiger partial charge in [-0.05, 0) is 0 Å². The van der Waals surface area contributed by atoms with Crippen LogP contribution in [0.1, 0.15) is 22.5 Å². The number of hydrogen-bond donors (Lipinski definition) is 1. The Morgan fingerprint density at radius 2 is 2.00 bits per heavy atom. The van der Waals surface area contributed by atoms with Gasteiger partial charge >= 0.3 is 12.3 Å². The highest BCUT2D eigenvalue weighted by molar-refractivity contribution is 5.92. The molecular weight excluding hydrogens is 281 g/mol. The quantitative estimate of drug-likeness (QED) is 0.862. The van der Waals surface area contributed by atoms with Gasteiger partial charge in [-0.3, -0.25) is 0 Å². The van der Waals surface area contributed by atoms with Crippen LogP contribution in [0.3, 0.4) is 0 Å². The summed E-state index contributed by atoms with van der Waals surface area (Å²) in [5.41, 5.74) is -2.39. The molecule has 0 atom stereocenters. The molecule has 0 bridgehead atoms. The summed E-state index contributed by atoms with van der Waals surface area (Å²) in [5.74, 6) is -3.75. The van der Waals surface area contributed by atoms with Crippen LogP contribution < -0.4 is 9.47 Å². The molecule has 1 rings (SSSR count). The van der Waals surface area contributed by atoms with Crippen LogP contribution in [0.15, 0.2) is 6.07 Å². The molecule has 0 radical (unpaired) electrons. The Hall–Kier alpha value is -2.13. The smallest absolute Gasteiger partial charge is 0.496 e. The van der Waals surface area contributed by atoms with Gasteiger partial charge in [0.1, 0.15) is 17.0 Å². The van der Waals surface area contributed by atoms with Crippen LogP contribution in [0.25, 0.3) is 0 Å². The minimum atomic E-state index is -5.15. The van der Waals surface area contributed by atoms with Crippen molar-refractivity contribution in [2.24, 2.45) is 0 Å². The van der Waals surface area contributed by atoms with Crippen LogP contribution in [-0.2, 0) is 0 Å². The molecule has 19 heavy (non-hydrogen) atoms. The number of rotatable bonds is 4. The average Bonchev–Trinajstić information content (AvgIpc) is 2.24. The van der Waals surface area contributed by atoms with Crippen LogP contribution in [0.4, 0.5) is 22.0 Å². The van der Waals surface area contributed by atoms with Crippen LogP contribution in [0.2, 0.25) is 0 Å². The molecule has 10 heteroatoms. The molecule has 0 amide bonds. The third kappa shape index (κ3) is 3.66. The number of carboxylic acids is 1. The van der Waals surface area contributed by atoms with Gasteiger partial charge in [-0.15, -0.1) is 13.2 Å². The van der Waals surface area contributed by atoms with Crippen molar-refractivity contribution in [3.63, 3.8) is 0 Å². The summed E-state index contributed by atoms with van der Waals surface area (Å²) in [6, 6.07) is 0.461. The second kappa shape index (κ2) is 5.24. The minimum absolute atomic E-state index is 0.461. The van der Waals surface area contributed by atoms with E-state index in [2.05, 4.69) is 14.5 Å². The Kier molecular flexibility index (Phi) is 4.12. The number of halogens is 5. The van der Waals surface area contributed by atoms with Crippen LogP contribution >= 0.6 is 0 Å². The lowest BCUT2D eigenvalue weighted by Gasteiger charge is -2.13. The van der Waals surface area contributed by atoms with Crippen molar-refractivity contribution in [1.29, 1.82) is 0 Å². The van der Waals surface area contributed by atoms with Crippen molar-refractivity contribution in [3.05, 3.63) is 17.3 Å². The van der Waals surface area contributed by atoms with Crippen molar-refractivity contribution in [1.82, 2.24) is 4.98 Å². The van der Waals surface area contributed by atoms with E-state index in [0.717, 1.165) is 7.11 Å². The molecule has 0 saturated carbocycles. The second-order valence-corrected chi connectivity index (χ2v) is 3.08. The lowest BCUT2D eigenvalue weighted by molar-refractivity contribution is -0.276. The van der Waals surface area contributed by atoms with Crippen molar-refractivity contribution < 1.29 is 41.3 Å². The molecule has 1 aromatic heterocycles. The van der Waals surface area contributed by atoms with Crippen LogP contribution in [0.5, 0.6) is 11.6 Å². The zero-order valence-electron chi connectivity index (χ0n) is 9.16. The summed E-state index contributed by atoms with van der Waals surface area (Å²) in [7, 11) is 0.911. The van der Waals surface area contributed by atoms with E-state index >= 15 is 0 Å². The van der Waals surface area contributed by atoms with Crippen molar-refractivity contribution in [2.45, 2.75) is 12.8 Å². The maximum Gasteiger partial charge on any atom is 0.574 e. The van der Waals surface area contributed by atoms with Gasteiger partial charge in [0.2, 0.25) is 5.88 Å². The fraction of sp³-hybridized carbons (Fsp3) is 0.333. The van der Waals surface area contributed by atoms with E-state index < -0.39 is 41.6 Å². The number of aromatic nitrogens is 1. The van der Waals surface area contributed by atoms with E-state index in [0.29, 0.717) is 6.07 Å². The summed E-state index contributed by atoms with van der Waals surface area (Å²) in [6.45, 7) is 0. The standard InChI is InChI=1S/C9H6F5NO4/c1-18-3-2-4(19-9(12,13)14)15-6(7(10)11)5(3)8(16)17/h2,7H,1H3,(H,16,17). The maximum absolute atomic E-state index is 12.6. The molecular formula is C9H6F5NO4. The van der Waals surface area contributed by atoms with Crippen molar-refractivity contribution in [2.75, 3.05) is 7.11 Å². The number of carbonyl (C=O) groups is 1. The van der Waals surface area contributed by atoms with Crippen LogP contribution in [-0.4, -0.2) is 29.5 Å². The predicted octanol–water partition coefficient (Wildman–Crippen LogP) is 2.62. The lowest BCUT2D eigenvalue weighted by atomic mass is 10.1. The molecule has 1 heterocycles. The van der Waals surface area contributed by atoms with E-state index in [1.807, 2.05) is 0 Å². The molecule has 0 aliphatic rings. The number of carboxylic acid groups (broad SMARTS) is 1. The first-order valence-electron chi connectivity index (χ1n) is 4.51. The van der Waals surface area contributed by atoms with Gasteiger partial charge in [0.25, 0.3) is 6.43 Å². The highest BCUT2D eigenvalue weighted by Crippen LogP contribution is 2.33. The molecule has 0 spiro atoms. The summed E-state index contributed by atoms with van der Waals surface area (Å²) in [4.78, 5) is 13.6. The minimum Gasteiger partial charge on any atom is -0.496 e. The van der Waals surface area contributed by atoms with Crippen LogP contribution in [0, 0.1) is 0 Å². The Morgan fingerprint density at radius 3 is 2.37 bits per heavy atom. The SMILES string of the molecule is COc1cc(OC(F)(F)F)nc(C(F)F)c1C(=O)O. The maximum atomic E-state index is 12.6. The second-order valence-electron chi connectivity index (χ2n) is 3.08. The topological polar surface area (TPSA) is 68.7 Å². The van der Waals surface area contributed by atoms with Gasteiger partial charge in [0.15, 0.2) is 0 Å². The molecule has 1 N–H and O–H groups in total. The number of pyridine rings is 1. The number of alkyl halides is 5. The Balaban J connectivity index is 3.40. The summed E-state index contributed by atoms with van der Waals surface area (Å²) in [6.07, 6.45) is -8.56. The number of ether oxygens (including phenoxy) is 2. The summed E-state index contributed by atoms with van der Waals surface area (Å²) < 4.78 is 68.9. The van der Waals surface area contributed by atoms with Gasteiger partial charge < -0.3 is 14.6 Å². The molecule has 0 saturated heterocycles. The van der Waals surface area contributed by atoms with E-state index in [1.165, 1.54) is 0 Å². The van der Waals surface area contributed by atoms with E-state index in [9.17, 15) is 26.7 Å². The molecule has 0 unspecified atom stereocenters. The van der Waals surface area contributed by atoms with Gasteiger partial charge in [-0.25, -0.2) is 18.6 Å². The van der Waals surface area contributed by atoms with Crippen molar-refractivity contribution >= 4 is 5.97 Å². The molecule has 0 aromatic carbocycles. The lowest BCUT2D eigenvalue weighted by Crippen LogP contribution is -2.19. The monoisotopic (exact) mass is 287 g/mol. The van der Waals surface area contributed by atoms with Gasteiger partial charge in [-0.2, -0.15) is 0 Å². The highest BCUT2D eigenvalue weighted by atomic mass is 19.4. The molecule has 0 aliphatic carbocycles. The van der Waals surface area contributed by atoms with Gasteiger partial charge in [0.05, 0.1) is 7.11 Å². The summed E-state index contributed by atoms with van der Waals surface area (Å²) in [5, 5.41) is 8.73. The zero-order valence-corrected chi connectivity index (χ0v) is 9.16. The summed E-state index contributed by atoms with van der Waals surface area (Å²) >= 11 is 0. The molecule has 5 nitrogen and oxygen atoms in total. The Labute approximate surface area is 102 Å². The highest BCUT2D eigenvalue weighted by Gasteiger charge is 2.34. The van der Waals surface area contributed by atoms with Gasteiger partial charge in [-0.1, -0.05) is 0 Å². The van der Waals surface area contributed by atoms with E-state index in [-0.39, 0.29) is 0 Å². The van der Waals surface area contributed by atoms with Crippen molar-refractivity contribution in [3.8, 4) is 11.6 Å². The third-order valence-electron chi connectivity index (χ3n) is 1.85. The number of nitrogens with zero attached hydrogens (tertiary/aromatic N) is 1. The average molecular weight is 287 g/mol. The molecule has 0 fully saturated rings. The number of hydrogen-bond acceptors (Lipinski definition) is 4. The Morgan fingerprint density at radius 1 is 1.42 bits per heavy atom.